The van der Waals surface area contributed by atoms with E-state index in [0.29, 0.717) is 28.6 Å². The quantitative estimate of drug-likeness (QED) is 0.461. The maximum atomic E-state index is 12.6. The number of aromatic amines is 1. The van der Waals surface area contributed by atoms with E-state index in [9.17, 15) is 9.59 Å². The van der Waals surface area contributed by atoms with Crippen LogP contribution in [0.2, 0.25) is 0 Å². The fourth-order valence-electron chi connectivity index (χ4n) is 2.80. The minimum absolute atomic E-state index is 0.00731. The molecule has 3 aromatic rings. The minimum Gasteiger partial charge on any atom is -0.449 e. The molecular weight excluding hydrogens is 414 g/mol. The molecule has 162 valence electrons. The topological polar surface area (TPSA) is 101 Å². The summed E-state index contributed by atoms with van der Waals surface area (Å²) in [5, 5.41) is 12.5. The van der Waals surface area contributed by atoms with Crippen LogP contribution in [0.25, 0.3) is 11.4 Å². The Kier molecular flexibility index (Phi) is 7.19. The molecule has 1 heterocycles. The lowest BCUT2D eigenvalue weighted by Crippen LogP contribution is -2.20. The van der Waals surface area contributed by atoms with Crippen molar-refractivity contribution in [2.45, 2.75) is 27.3 Å². The molecule has 9 heteroatoms. The van der Waals surface area contributed by atoms with Crippen molar-refractivity contribution >= 4 is 35.6 Å². The van der Waals surface area contributed by atoms with Gasteiger partial charge in [0.15, 0.2) is 10.6 Å². The van der Waals surface area contributed by atoms with Crippen molar-refractivity contribution in [3.8, 4) is 11.4 Å². The van der Waals surface area contributed by atoms with E-state index in [1.807, 2.05) is 45.0 Å². The molecule has 0 bridgehead atoms. The fourth-order valence-corrected chi connectivity index (χ4v) is 3.00. The molecule has 8 nitrogen and oxygen atoms in total. The molecule has 2 aromatic carbocycles. The van der Waals surface area contributed by atoms with Gasteiger partial charge in [-0.3, -0.25) is 19.8 Å². The summed E-state index contributed by atoms with van der Waals surface area (Å²) in [7, 11) is 0. The molecule has 31 heavy (non-hydrogen) atoms. The Morgan fingerprint density at radius 1 is 1.13 bits per heavy atom. The predicted octanol–water partition coefficient (Wildman–Crippen LogP) is 4.76. The van der Waals surface area contributed by atoms with Crippen LogP contribution in [-0.2, 0) is 16.1 Å². The number of benzene rings is 2. The lowest BCUT2D eigenvalue weighted by molar-refractivity contribution is -0.116. The summed E-state index contributed by atoms with van der Waals surface area (Å²) < 4.78 is 7.11. The second kappa shape index (κ2) is 10.0. The van der Waals surface area contributed by atoms with Gasteiger partial charge in [0.2, 0.25) is 5.91 Å². The number of amides is 2. The van der Waals surface area contributed by atoms with Gasteiger partial charge in [-0.05, 0) is 43.3 Å². The van der Waals surface area contributed by atoms with E-state index >= 15 is 0 Å². The first kappa shape index (κ1) is 22.2. The Morgan fingerprint density at radius 3 is 2.48 bits per heavy atom. The van der Waals surface area contributed by atoms with E-state index in [0.717, 1.165) is 11.1 Å². The number of rotatable bonds is 7. The monoisotopic (exact) mass is 439 g/mol. The Morgan fingerprint density at radius 2 is 1.81 bits per heavy atom. The van der Waals surface area contributed by atoms with Crippen molar-refractivity contribution in [1.82, 2.24) is 14.8 Å². The van der Waals surface area contributed by atoms with Crippen LogP contribution in [0.1, 0.15) is 19.4 Å². The molecule has 0 saturated carbocycles. The van der Waals surface area contributed by atoms with Crippen LogP contribution < -0.4 is 10.6 Å². The molecule has 2 amide bonds. The molecule has 0 spiro atoms. The molecule has 0 aliphatic carbocycles. The van der Waals surface area contributed by atoms with E-state index in [1.165, 1.54) is 0 Å². The lowest BCUT2D eigenvalue weighted by Gasteiger charge is -2.11. The van der Waals surface area contributed by atoms with Gasteiger partial charge in [0.25, 0.3) is 0 Å². The number of aryl methyl sites for hydroxylation is 1. The average molecular weight is 440 g/mol. The molecule has 0 aliphatic rings. The maximum absolute atomic E-state index is 12.6. The number of anilines is 2. The molecule has 3 rings (SSSR count). The third kappa shape index (κ3) is 6.26. The highest BCUT2D eigenvalue weighted by molar-refractivity contribution is 7.71. The zero-order valence-electron chi connectivity index (χ0n) is 17.6. The van der Waals surface area contributed by atoms with Crippen LogP contribution in [0.5, 0.6) is 0 Å². The fraction of sp³-hybridized carbons (Fsp3) is 0.273. The van der Waals surface area contributed by atoms with Gasteiger partial charge in [-0.15, -0.1) is 0 Å². The minimum atomic E-state index is -0.537. The second-order valence-electron chi connectivity index (χ2n) is 7.55. The van der Waals surface area contributed by atoms with Crippen molar-refractivity contribution in [2.24, 2.45) is 5.92 Å². The smallest absolute Gasteiger partial charge is 0.411 e. The van der Waals surface area contributed by atoms with Crippen LogP contribution in [-0.4, -0.2) is 33.4 Å². The lowest BCUT2D eigenvalue weighted by atomic mass is 10.1. The first-order valence-corrected chi connectivity index (χ1v) is 10.3. The molecule has 0 fully saturated rings. The summed E-state index contributed by atoms with van der Waals surface area (Å²) >= 11 is 5.30. The molecular formula is C22H25N5O3S. The van der Waals surface area contributed by atoms with Gasteiger partial charge in [0, 0.05) is 16.9 Å². The Balaban J connectivity index is 1.67. The normalized spacial score (nSPS) is 10.7. The van der Waals surface area contributed by atoms with Crippen LogP contribution in [0.4, 0.5) is 16.2 Å². The van der Waals surface area contributed by atoms with Crippen molar-refractivity contribution in [3.05, 3.63) is 58.9 Å². The zero-order chi connectivity index (χ0) is 22.4. The second-order valence-corrected chi connectivity index (χ2v) is 7.94. The van der Waals surface area contributed by atoms with Crippen LogP contribution in [0, 0.1) is 17.6 Å². The summed E-state index contributed by atoms with van der Waals surface area (Å²) in [6, 6.07) is 14.7. The van der Waals surface area contributed by atoms with E-state index in [-0.39, 0.29) is 18.4 Å². The number of H-pyrrole nitrogens is 1. The molecule has 0 radical (unpaired) electrons. The maximum Gasteiger partial charge on any atom is 0.411 e. The van der Waals surface area contributed by atoms with E-state index in [4.69, 9.17) is 17.0 Å². The molecule has 0 unspecified atom stereocenters. The van der Waals surface area contributed by atoms with Gasteiger partial charge in [0.1, 0.15) is 6.54 Å². The summed E-state index contributed by atoms with van der Waals surface area (Å²) in [4.78, 5) is 24.5. The van der Waals surface area contributed by atoms with Gasteiger partial charge in [0.05, 0.1) is 6.61 Å². The molecule has 0 aliphatic heterocycles. The molecule has 0 saturated heterocycles. The largest absolute Gasteiger partial charge is 0.449 e. The van der Waals surface area contributed by atoms with E-state index in [2.05, 4.69) is 20.8 Å². The van der Waals surface area contributed by atoms with Crippen molar-refractivity contribution in [2.75, 3.05) is 17.2 Å². The Labute approximate surface area is 185 Å². The van der Waals surface area contributed by atoms with Crippen molar-refractivity contribution in [1.29, 1.82) is 0 Å². The van der Waals surface area contributed by atoms with Gasteiger partial charge < -0.3 is 10.1 Å². The highest BCUT2D eigenvalue weighted by Crippen LogP contribution is 2.19. The number of carbonyl (C=O) groups excluding carboxylic acids is 2. The first-order chi connectivity index (χ1) is 14.8. The summed E-state index contributed by atoms with van der Waals surface area (Å²) in [5.74, 6) is 0.560. The number of nitrogens with one attached hydrogen (secondary N) is 3. The number of hydrogen-bond acceptors (Lipinski definition) is 5. The zero-order valence-corrected chi connectivity index (χ0v) is 18.5. The van der Waals surface area contributed by atoms with Gasteiger partial charge in [-0.1, -0.05) is 49.7 Å². The standard InChI is InChI=1S/C22H25N5O3S/c1-14(2)13-30-22(29)24-18-6-4-5-17(11-18)23-19(28)12-27-20(25-26-21(27)31)16-9-7-15(3)8-10-16/h4-11,14H,12-13H2,1-3H3,(H,23,28)(H,24,29)(H,26,31). The predicted molar refractivity (Wildman–Crippen MR) is 122 cm³/mol. The van der Waals surface area contributed by atoms with Crippen LogP contribution in [0.3, 0.4) is 0 Å². The first-order valence-electron chi connectivity index (χ1n) is 9.88. The molecule has 3 N–H and O–H groups in total. The Bertz CT molecular complexity index is 1120. The Hall–Kier alpha value is -3.46. The number of nitrogens with zero attached hydrogens (tertiary/aromatic N) is 2. The number of carbonyl (C=O) groups is 2. The van der Waals surface area contributed by atoms with Gasteiger partial charge in [-0.2, -0.15) is 5.10 Å². The summed E-state index contributed by atoms with van der Waals surface area (Å²) in [6.07, 6.45) is -0.537. The van der Waals surface area contributed by atoms with Crippen LogP contribution >= 0.6 is 12.2 Å². The number of hydrogen-bond donors (Lipinski definition) is 3. The number of ether oxygens (including phenoxy) is 1. The highest BCUT2D eigenvalue weighted by Gasteiger charge is 2.13. The van der Waals surface area contributed by atoms with Crippen molar-refractivity contribution in [3.63, 3.8) is 0 Å². The average Bonchev–Trinajstić information content (AvgIpc) is 3.07. The highest BCUT2D eigenvalue weighted by atomic mass is 32.1. The van der Waals surface area contributed by atoms with E-state index < -0.39 is 6.09 Å². The SMILES string of the molecule is Cc1ccc(-c2n[nH]c(=S)n2CC(=O)Nc2cccc(NC(=O)OCC(C)C)c2)cc1. The van der Waals surface area contributed by atoms with Gasteiger partial charge >= 0.3 is 6.09 Å². The summed E-state index contributed by atoms with van der Waals surface area (Å²) in [6.45, 7) is 6.24. The molecule has 0 atom stereocenters. The van der Waals surface area contributed by atoms with Crippen LogP contribution in [0.15, 0.2) is 48.5 Å². The third-order valence-electron chi connectivity index (χ3n) is 4.31. The summed E-state index contributed by atoms with van der Waals surface area (Å²) in [5.41, 5.74) is 3.05. The van der Waals surface area contributed by atoms with Crippen molar-refractivity contribution < 1.29 is 14.3 Å². The van der Waals surface area contributed by atoms with E-state index in [1.54, 1.807) is 28.8 Å². The molecule has 1 aromatic heterocycles. The third-order valence-corrected chi connectivity index (χ3v) is 4.62. The van der Waals surface area contributed by atoms with Gasteiger partial charge in [-0.25, -0.2) is 4.79 Å². The number of aromatic nitrogens is 3.